The fourth-order valence-electron chi connectivity index (χ4n) is 1.89. The van der Waals surface area contributed by atoms with Gasteiger partial charge in [0.1, 0.15) is 12.4 Å². The van der Waals surface area contributed by atoms with Gasteiger partial charge in [-0.15, -0.1) is 11.3 Å². The third-order valence-electron chi connectivity index (χ3n) is 2.90. The van der Waals surface area contributed by atoms with Crippen molar-refractivity contribution in [2.24, 2.45) is 4.99 Å². The number of cyclic esters (lactones) is 1. The van der Waals surface area contributed by atoms with Gasteiger partial charge >= 0.3 is 5.97 Å². The quantitative estimate of drug-likeness (QED) is 0.481. The maximum Gasteiger partial charge on any atom is 0.363 e. The Balaban J connectivity index is 1.79. The van der Waals surface area contributed by atoms with E-state index in [0.717, 1.165) is 16.2 Å². The van der Waals surface area contributed by atoms with Crippen LogP contribution in [0.5, 0.6) is 5.75 Å². The van der Waals surface area contributed by atoms with Gasteiger partial charge in [-0.25, -0.2) is 9.79 Å². The molecule has 0 bridgehead atoms. The summed E-state index contributed by atoms with van der Waals surface area (Å²) in [5.41, 5.74) is 1.15. The number of aliphatic imine (C=N–C) groups is 1. The van der Waals surface area contributed by atoms with E-state index in [1.165, 1.54) is 11.3 Å². The number of benzene rings is 1. The van der Waals surface area contributed by atoms with Crippen LogP contribution in [-0.4, -0.2) is 18.5 Å². The minimum absolute atomic E-state index is 0.295. The number of ether oxygens (including phenoxy) is 2. The first-order valence-electron chi connectivity index (χ1n) is 6.66. The number of carbonyl (C=O) groups is 1. The Morgan fingerprint density at radius 3 is 2.77 bits per heavy atom. The zero-order chi connectivity index (χ0) is 15.4. The van der Waals surface area contributed by atoms with Gasteiger partial charge in [-0.1, -0.05) is 30.9 Å². The molecule has 1 aliphatic rings. The molecule has 0 fully saturated rings. The van der Waals surface area contributed by atoms with Crippen molar-refractivity contribution in [3.63, 3.8) is 0 Å². The number of rotatable bonds is 5. The van der Waals surface area contributed by atoms with Gasteiger partial charge in [-0.05, 0) is 35.2 Å². The van der Waals surface area contributed by atoms with E-state index in [1.807, 2.05) is 41.8 Å². The van der Waals surface area contributed by atoms with E-state index >= 15 is 0 Å². The molecule has 1 aliphatic heterocycles. The maximum absolute atomic E-state index is 11.9. The molecular formula is C17H13NO3S. The van der Waals surface area contributed by atoms with Gasteiger partial charge in [0, 0.05) is 0 Å². The summed E-state index contributed by atoms with van der Waals surface area (Å²) in [6.07, 6.45) is 3.38. The van der Waals surface area contributed by atoms with E-state index in [2.05, 4.69) is 11.6 Å². The highest BCUT2D eigenvalue weighted by molar-refractivity contribution is 7.12. The van der Waals surface area contributed by atoms with Crippen molar-refractivity contribution in [2.45, 2.75) is 0 Å². The van der Waals surface area contributed by atoms with Gasteiger partial charge < -0.3 is 9.47 Å². The second-order valence-electron chi connectivity index (χ2n) is 4.48. The number of esters is 1. The van der Waals surface area contributed by atoms with Crippen LogP contribution in [0.2, 0.25) is 0 Å². The van der Waals surface area contributed by atoms with E-state index in [-0.39, 0.29) is 0 Å². The van der Waals surface area contributed by atoms with Crippen molar-refractivity contribution in [1.82, 2.24) is 0 Å². The van der Waals surface area contributed by atoms with Crippen molar-refractivity contribution in [3.8, 4) is 5.75 Å². The number of hydrogen-bond acceptors (Lipinski definition) is 5. The van der Waals surface area contributed by atoms with Gasteiger partial charge in [-0.2, -0.15) is 0 Å². The first kappa shape index (κ1) is 14.3. The van der Waals surface area contributed by atoms with Crippen LogP contribution in [0.4, 0.5) is 0 Å². The van der Waals surface area contributed by atoms with Crippen LogP contribution >= 0.6 is 11.3 Å². The zero-order valence-corrected chi connectivity index (χ0v) is 12.5. The molecular weight excluding hydrogens is 298 g/mol. The monoisotopic (exact) mass is 311 g/mol. The molecule has 1 aromatic heterocycles. The maximum atomic E-state index is 11.9. The average molecular weight is 311 g/mol. The predicted molar refractivity (Wildman–Crippen MR) is 87.1 cm³/mol. The second kappa shape index (κ2) is 6.41. The van der Waals surface area contributed by atoms with Crippen molar-refractivity contribution < 1.29 is 14.3 Å². The van der Waals surface area contributed by atoms with E-state index in [1.54, 1.807) is 12.2 Å². The lowest BCUT2D eigenvalue weighted by atomic mass is 10.2. The van der Waals surface area contributed by atoms with Crippen LogP contribution in [-0.2, 0) is 9.53 Å². The van der Waals surface area contributed by atoms with Crippen LogP contribution in [0.1, 0.15) is 10.4 Å². The lowest BCUT2D eigenvalue weighted by molar-refractivity contribution is -0.129. The first-order chi connectivity index (χ1) is 10.8. The van der Waals surface area contributed by atoms with Gasteiger partial charge in [-0.3, -0.25) is 0 Å². The number of nitrogens with zero attached hydrogens (tertiary/aromatic N) is 1. The lowest BCUT2D eigenvalue weighted by Gasteiger charge is -2.02. The topological polar surface area (TPSA) is 47.9 Å². The first-order valence-corrected chi connectivity index (χ1v) is 7.54. The summed E-state index contributed by atoms with van der Waals surface area (Å²) in [7, 11) is 0. The molecule has 5 heteroatoms. The Bertz CT molecular complexity index is 743. The molecule has 0 saturated carbocycles. The van der Waals surface area contributed by atoms with Gasteiger partial charge in [0.15, 0.2) is 5.70 Å². The largest absolute Gasteiger partial charge is 0.490 e. The molecule has 0 saturated heterocycles. The zero-order valence-electron chi connectivity index (χ0n) is 11.7. The Morgan fingerprint density at radius 1 is 1.27 bits per heavy atom. The second-order valence-corrected chi connectivity index (χ2v) is 5.43. The summed E-state index contributed by atoms with van der Waals surface area (Å²) >= 11 is 1.48. The SMILES string of the molecule is C=CCOc1ccc(/C=C2/N=C(c3cccs3)OC2=O)cc1. The number of thiophene rings is 1. The molecule has 0 amide bonds. The molecule has 0 aliphatic carbocycles. The fourth-order valence-corrected chi connectivity index (χ4v) is 2.54. The summed E-state index contributed by atoms with van der Waals surface area (Å²) in [6.45, 7) is 4.06. The summed E-state index contributed by atoms with van der Waals surface area (Å²) in [6, 6.07) is 11.1. The Morgan fingerprint density at radius 2 is 2.09 bits per heavy atom. The molecule has 0 radical (unpaired) electrons. The third-order valence-corrected chi connectivity index (χ3v) is 3.76. The normalized spacial score (nSPS) is 15.5. The van der Waals surface area contributed by atoms with Gasteiger partial charge in [0.05, 0.1) is 4.88 Å². The molecule has 3 rings (SSSR count). The van der Waals surface area contributed by atoms with E-state index in [9.17, 15) is 4.79 Å². The summed E-state index contributed by atoms with van der Waals surface area (Å²) in [5.74, 6) is 0.673. The summed E-state index contributed by atoms with van der Waals surface area (Å²) in [5, 5.41) is 1.91. The highest BCUT2D eigenvalue weighted by Gasteiger charge is 2.24. The van der Waals surface area contributed by atoms with Crippen LogP contribution in [0.3, 0.4) is 0 Å². The van der Waals surface area contributed by atoms with Crippen LogP contribution in [0.25, 0.3) is 6.08 Å². The minimum atomic E-state index is -0.435. The summed E-state index contributed by atoms with van der Waals surface area (Å²) < 4.78 is 10.6. The Labute approximate surface area is 132 Å². The van der Waals surface area contributed by atoms with Gasteiger partial charge in [0.25, 0.3) is 0 Å². The van der Waals surface area contributed by atoms with Crippen molar-refractivity contribution in [3.05, 3.63) is 70.6 Å². The van der Waals surface area contributed by atoms with Crippen molar-refractivity contribution in [2.75, 3.05) is 6.61 Å². The Hall–Kier alpha value is -2.66. The highest BCUT2D eigenvalue weighted by Crippen LogP contribution is 2.22. The van der Waals surface area contributed by atoms with Crippen LogP contribution in [0, 0.1) is 0 Å². The predicted octanol–water partition coefficient (Wildman–Crippen LogP) is 3.66. The molecule has 110 valence electrons. The molecule has 2 aromatic rings. The minimum Gasteiger partial charge on any atom is -0.490 e. The molecule has 2 heterocycles. The third kappa shape index (κ3) is 3.15. The molecule has 4 nitrogen and oxygen atoms in total. The molecule has 0 spiro atoms. The van der Waals surface area contributed by atoms with Crippen molar-refractivity contribution >= 4 is 29.3 Å². The molecule has 0 N–H and O–H groups in total. The lowest BCUT2D eigenvalue weighted by Crippen LogP contribution is -2.03. The molecule has 22 heavy (non-hydrogen) atoms. The molecule has 0 atom stereocenters. The van der Waals surface area contributed by atoms with Gasteiger partial charge in [0.2, 0.25) is 5.90 Å². The summed E-state index contributed by atoms with van der Waals surface area (Å²) in [4.78, 5) is 16.9. The van der Waals surface area contributed by atoms with E-state index in [4.69, 9.17) is 9.47 Å². The molecule has 0 unspecified atom stereocenters. The average Bonchev–Trinajstić information content (AvgIpc) is 3.17. The van der Waals surface area contributed by atoms with Crippen LogP contribution < -0.4 is 4.74 Å². The fraction of sp³-hybridized carbons (Fsp3) is 0.0588. The Kier molecular flexibility index (Phi) is 4.16. The molecule has 1 aromatic carbocycles. The van der Waals surface area contributed by atoms with E-state index in [0.29, 0.717) is 18.2 Å². The highest BCUT2D eigenvalue weighted by atomic mass is 32.1. The van der Waals surface area contributed by atoms with Crippen molar-refractivity contribution in [1.29, 1.82) is 0 Å². The smallest absolute Gasteiger partial charge is 0.363 e. The number of carbonyl (C=O) groups excluding carboxylic acids is 1. The number of hydrogen-bond donors (Lipinski definition) is 0. The van der Waals surface area contributed by atoms with E-state index < -0.39 is 5.97 Å². The van der Waals surface area contributed by atoms with Crippen LogP contribution in [0.15, 0.2) is 65.1 Å². The standard InChI is InChI=1S/C17H13NO3S/c1-2-9-20-13-7-5-12(6-8-13)11-14-17(19)21-16(18-14)15-4-3-10-22-15/h2-8,10-11H,1,9H2/b14-11+.